The van der Waals surface area contributed by atoms with E-state index in [1.807, 2.05) is 24.3 Å². The second kappa shape index (κ2) is 11.8. The number of hydrogen-bond acceptors (Lipinski definition) is 8. The SMILES string of the molecule is CC(=O)N[C@H]1[C@H](OCCCNC(=O)OCC2c3ccccc3-c3ccccc32)O[C@H](CO)[C@H](O)[C@@H]1O. The first kappa shape index (κ1) is 26.1. The molecule has 194 valence electrons. The van der Waals surface area contributed by atoms with Gasteiger partial charge in [0.25, 0.3) is 0 Å². The molecule has 1 saturated heterocycles. The van der Waals surface area contributed by atoms with E-state index in [9.17, 15) is 24.9 Å². The highest BCUT2D eigenvalue weighted by molar-refractivity contribution is 5.79. The predicted octanol–water partition coefficient (Wildman–Crippen LogP) is 0.875. The van der Waals surface area contributed by atoms with E-state index in [0.717, 1.165) is 22.3 Å². The Balaban J connectivity index is 1.22. The number of hydrogen-bond donors (Lipinski definition) is 5. The lowest BCUT2D eigenvalue weighted by Gasteiger charge is -2.42. The van der Waals surface area contributed by atoms with Gasteiger partial charge in [-0.05, 0) is 28.7 Å². The van der Waals surface area contributed by atoms with Crippen LogP contribution in [0.1, 0.15) is 30.4 Å². The van der Waals surface area contributed by atoms with Gasteiger partial charge in [-0.1, -0.05) is 48.5 Å². The molecular formula is C26H32N2O8. The molecule has 0 bridgehead atoms. The Labute approximate surface area is 209 Å². The molecule has 1 fully saturated rings. The van der Waals surface area contributed by atoms with Crippen molar-refractivity contribution in [2.75, 3.05) is 26.4 Å². The summed E-state index contributed by atoms with van der Waals surface area (Å²) < 4.78 is 16.6. The lowest BCUT2D eigenvalue weighted by atomic mass is 9.97. The van der Waals surface area contributed by atoms with Gasteiger partial charge in [-0.3, -0.25) is 4.79 Å². The Morgan fingerprint density at radius 1 is 1.00 bits per heavy atom. The second-order valence-corrected chi connectivity index (χ2v) is 8.91. The Kier molecular flexibility index (Phi) is 8.55. The van der Waals surface area contributed by atoms with E-state index in [0.29, 0.717) is 6.42 Å². The Bertz CT molecular complexity index is 1020. The average Bonchev–Trinajstić information content (AvgIpc) is 3.20. The molecule has 0 aromatic heterocycles. The molecule has 2 amide bonds. The van der Waals surface area contributed by atoms with Crippen LogP contribution >= 0.6 is 0 Å². The van der Waals surface area contributed by atoms with E-state index in [4.69, 9.17) is 14.2 Å². The number of fused-ring (bicyclic) bond motifs is 3. The number of amides is 2. The highest BCUT2D eigenvalue weighted by atomic mass is 16.7. The third kappa shape index (κ3) is 5.69. The number of aliphatic hydroxyl groups is 3. The fourth-order valence-corrected chi connectivity index (χ4v) is 4.72. The molecule has 2 aliphatic rings. The minimum Gasteiger partial charge on any atom is -0.449 e. The summed E-state index contributed by atoms with van der Waals surface area (Å²) >= 11 is 0. The fraction of sp³-hybridized carbons (Fsp3) is 0.462. The minimum atomic E-state index is -1.37. The summed E-state index contributed by atoms with van der Waals surface area (Å²) in [5, 5.41) is 34.9. The number of carbonyl (C=O) groups excluding carboxylic acids is 2. The van der Waals surface area contributed by atoms with Crippen molar-refractivity contribution in [2.45, 2.75) is 49.9 Å². The van der Waals surface area contributed by atoms with Gasteiger partial charge >= 0.3 is 6.09 Å². The molecule has 0 unspecified atom stereocenters. The van der Waals surface area contributed by atoms with E-state index in [1.54, 1.807) is 0 Å². The molecule has 10 heteroatoms. The second-order valence-electron chi connectivity index (χ2n) is 8.91. The van der Waals surface area contributed by atoms with E-state index in [-0.39, 0.29) is 25.7 Å². The summed E-state index contributed by atoms with van der Waals surface area (Å²) in [4.78, 5) is 23.8. The Morgan fingerprint density at radius 2 is 1.64 bits per heavy atom. The first-order chi connectivity index (χ1) is 17.4. The quantitative estimate of drug-likeness (QED) is 0.319. The van der Waals surface area contributed by atoms with Crippen LogP contribution in [0.4, 0.5) is 4.79 Å². The summed E-state index contributed by atoms with van der Waals surface area (Å²) in [5.41, 5.74) is 4.58. The zero-order valence-corrected chi connectivity index (χ0v) is 20.0. The third-order valence-corrected chi connectivity index (χ3v) is 6.47. The summed E-state index contributed by atoms with van der Waals surface area (Å²) in [7, 11) is 0. The van der Waals surface area contributed by atoms with Crippen LogP contribution in [0.5, 0.6) is 0 Å². The maximum absolute atomic E-state index is 12.3. The van der Waals surface area contributed by atoms with Crippen molar-refractivity contribution < 1.29 is 39.1 Å². The minimum absolute atomic E-state index is 0.0260. The molecule has 2 aromatic rings. The standard InChI is InChI=1S/C26H32N2O8/c1-15(30)28-22-24(32)23(31)21(13-29)36-25(22)34-12-6-11-27-26(33)35-14-20-18-9-4-2-7-16(18)17-8-3-5-10-19(17)20/h2-5,7-10,20-25,29,31-32H,6,11-14H2,1H3,(H,27,33)(H,28,30)/t21-,22-,23+,24-,25-/m1/s1. The maximum Gasteiger partial charge on any atom is 0.407 e. The zero-order chi connectivity index (χ0) is 25.7. The molecular weight excluding hydrogens is 468 g/mol. The van der Waals surface area contributed by atoms with Crippen LogP contribution in [0.3, 0.4) is 0 Å². The van der Waals surface area contributed by atoms with Crippen molar-refractivity contribution in [2.24, 2.45) is 0 Å². The van der Waals surface area contributed by atoms with Crippen molar-refractivity contribution in [3.8, 4) is 11.1 Å². The number of rotatable bonds is 9. The van der Waals surface area contributed by atoms with Gasteiger partial charge in [-0.25, -0.2) is 4.79 Å². The lowest BCUT2D eigenvalue weighted by molar-refractivity contribution is -0.270. The van der Waals surface area contributed by atoms with Crippen molar-refractivity contribution in [3.63, 3.8) is 0 Å². The normalized spacial score (nSPS) is 25.1. The number of alkyl carbamates (subject to hydrolysis) is 1. The number of aliphatic hydroxyl groups excluding tert-OH is 3. The van der Waals surface area contributed by atoms with Crippen molar-refractivity contribution in [3.05, 3.63) is 59.7 Å². The summed E-state index contributed by atoms with van der Waals surface area (Å²) in [6.45, 7) is 1.36. The molecule has 5 N–H and O–H groups in total. The van der Waals surface area contributed by atoms with Gasteiger partial charge in [0.2, 0.25) is 5.91 Å². The van der Waals surface area contributed by atoms with Gasteiger partial charge in [0.1, 0.15) is 31.0 Å². The zero-order valence-electron chi connectivity index (χ0n) is 20.0. The van der Waals surface area contributed by atoms with E-state index in [2.05, 4.69) is 34.9 Å². The molecule has 4 rings (SSSR count). The van der Waals surface area contributed by atoms with E-state index in [1.165, 1.54) is 6.92 Å². The van der Waals surface area contributed by atoms with Crippen molar-refractivity contribution in [1.29, 1.82) is 0 Å². The molecule has 5 atom stereocenters. The number of nitrogens with one attached hydrogen (secondary N) is 2. The predicted molar refractivity (Wildman–Crippen MR) is 129 cm³/mol. The Morgan fingerprint density at radius 3 is 2.25 bits per heavy atom. The van der Waals surface area contributed by atoms with Gasteiger partial charge < -0.3 is 40.2 Å². The monoisotopic (exact) mass is 500 g/mol. The largest absolute Gasteiger partial charge is 0.449 e. The summed E-state index contributed by atoms with van der Waals surface area (Å²) in [5.74, 6) is -0.454. The van der Waals surface area contributed by atoms with Gasteiger partial charge in [0.05, 0.1) is 13.2 Å². The molecule has 0 radical (unpaired) electrons. The molecule has 1 aliphatic heterocycles. The van der Waals surface area contributed by atoms with Crippen LogP contribution < -0.4 is 10.6 Å². The number of benzene rings is 2. The number of carbonyl (C=O) groups is 2. The topological polar surface area (TPSA) is 147 Å². The average molecular weight is 501 g/mol. The van der Waals surface area contributed by atoms with Crippen LogP contribution in [-0.4, -0.2) is 84.3 Å². The van der Waals surface area contributed by atoms with Crippen LogP contribution in [0.2, 0.25) is 0 Å². The summed E-state index contributed by atoms with van der Waals surface area (Å²) in [6, 6.07) is 15.2. The van der Waals surface area contributed by atoms with Gasteiger partial charge in [-0.2, -0.15) is 0 Å². The third-order valence-electron chi connectivity index (χ3n) is 6.47. The number of ether oxygens (including phenoxy) is 3. The molecule has 0 spiro atoms. The maximum atomic E-state index is 12.3. The van der Waals surface area contributed by atoms with E-state index < -0.39 is 49.3 Å². The fourth-order valence-electron chi connectivity index (χ4n) is 4.72. The van der Waals surface area contributed by atoms with Gasteiger partial charge in [0, 0.05) is 19.4 Å². The van der Waals surface area contributed by atoms with Gasteiger partial charge in [0.15, 0.2) is 6.29 Å². The first-order valence-electron chi connectivity index (χ1n) is 12.0. The molecule has 1 aliphatic carbocycles. The van der Waals surface area contributed by atoms with Crippen LogP contribution in [0.25, 0.3) is 11.1 Å². The van der Waals surface area contributed by atoms with Crippen LogP contribution in [0, 0.1) is 0 Å². The summed E-state index contributed by atoms with van der Waals surface area (Å²) in [6.07, 6.45) is -5.00. The van der Waals surface area contributed by atoms with Crippen LogP contribution in [0.15, 0.2) is 48.5 Å². The lowest BCUT2D eigenvalue weighted by Crippen LogP contribution is -2.64. The highest BCUT2D eigenvalue weighted by Gasteiger charge is 2.45. The molecule has 10 nitrogen and oxygen atoms in total. The van der Waals surface area contributed by atoms with Gasteiger partial charge in [-0.15, -0.1) is 0 Å². The highest BCUT2D eigenvalue weighted by Crippen LogP contribution is 2.44. The van der Waals surface area contributed by atoms with Crippen molar-refractivity contribution >= 4 is 12.0 Å². The molecule has 1 heterocycles. The smallest absolute Gasteiger partial charge is 0.407 e. The molecule has 36 heavy (non-hydrogen) atoms. The first-order valence-corrected chi connectivity index (χ1v) is 12.0. The van der Waals surface area contributed by atoms with E-state index >= 15 is 0 Å². The van der Waals surface area contributed by atoms with Crippen LogP contribution in [-0.2, 0) is 19.0 Å². The Hall–Kier alpha value is -3.02. The molecule has 2 aromatic carbocycles. The van der Waals surface area contributed by atoms with Crippen molar-refractivity contribution in [1.82, 2.24) is 10.6 Å². The molecule has 0 saturated carbocycles.